The van der Waals surface area contributed by atoms with E-state index in [9.17, 15) is 0 Å². The second-order valence-corrected chi connectivity index (χ2v) is 0. The van der Waals surface area contributed by atoms with Gasteiger partial charge in [-0.25, -0.2) is 0 Å². The molecule has 0 rings (SSSR count). The molecule has 0 amide bonds. The lowest BCUT2D eigenvalue weighted by molar-refractivity contribution is 2.13. The molecule has 0 aliphatic carbocycles. The summed E-state index contributed by atoms with van der Waals surface area (Å²) in [6.07, 6.45) is 0. The molecular weight excluding hydrogens is 96.1 g/mol. The van der Waals surface area contributed by atoms with Crippen molar-refractivity contribution < 1.29 is 0 Å². The quantitative estimate of drug-likeness (QED) is 0.277. The van der Waals surface area contributed by atoms with Gasteiger partial charge >= 0.3 is 0 Å². The molecule has 0 heterocycles. The monoisotopic (exact) mass is 118 g/mol. The Bertz CT molecular complexity index is 4.14. The van der Waals surface area contributed by atoms with Gasteiger partial charge in [0.2, 0.25) is 0 Å². The number of rotatable bonds is 0. The molecule has 0 saturated heterocycles. The molecule has 0 aromatic heterocycles. The van der Waals surface area contributed by atoms with Crippen LogP contribution in [0.5, 0.6) is 0 Å². The summed E-state index contributed by atoms with van der Waals surface area (Å²) in [6, 6.07) is 0. The minimum Gasteiger partial charge on any atom is -0.344 e. The van der Waals surface area contributed by atoms with E-state index in [1.54, 1.807) is 0 Å². The van der Waals surface area contributed by atoms with Crippen molar-refractivity contribution in [3.63, 3.8) is 0 Å². The van der Waals surface area contributed by atoms with E-state index in [0.29, 0.717) is 0 Å². The van der Waals surface area contributed by atoms with Gasteiger partial charge in [-0.1, -0.05) is 7.43 Å². The molecule has 0 atom stereocenters. The molecule has 7 heavy (non-hydrogen) atoms. The van der Waals surface area contributed by atoms with Gasteiger partial charge in [0, 0.05) is 0 Å². The zero-order valence-corrected chi connectivity index (χ0v) is 4.24. The highest BCUT2D eigenvalue weighted by Crippen LogP contribution is 0.144. The Kier molecular flexibility index (Phi) is 1260000. The maximum absolute atomic E-state index is 0. The first-order chi connectivity index (χ1) is 0. The molecule has 18 N–H and O–H groups in total. The van der Waals surface area contributed by atoms with Crippen LogP contribution in [0.4, 0.5) is 0 Å². The van der Waals surface area contributed by atoms with Crippen LogP contribution in [0.2, 0.25) is 0 Å². The smallest absolute Gasteiger partial charge is 0.0776 e. The van der Waals surface area contributed by atoms with Gasteiger partial charge < -0.3 is 36.9 Å². The topological polar surface area (TPSA) is 210 Å². The van der Waals surface area contributed by atoms with Gasteiger partial charge in [0.25, 0.3) is 0 Å². The Morgan fingerprint density at radius 2 is 0.286 bits per heavy atom. The molecular formula is CH22N6. The predicted octanol–water partition coefficient (Wildman–Crippen LogP) is 1.61. The third kappa shape index (κ3) is 1410. The Labute approximate surface area is 45.6 Å². The fourth-order valence-electron chi connectivity index (χ4n) is 0. The van der Waals surface area contributed by atoms with Crippen molar-refractivity contribution >= 4 is 0 Å². The second kappa shape index (κ2) is 2270. The SMILES string of the molecule is C.N.N.N.N.N.N. The largest absolute Gasteiger partial charge is 0.344 e. The summed E-state index contributed by atoms with van der Waals surface area (Å²) in [5.74, 6) is 0. The summed E-state index contributed by atoms with van der Waals surface area (Å²) in [6.45, 7) is 0. The fraction of sp³-hybridized carbons (Fsp3) is 1.00. The lowest BCUT2D eigenvalue weighted by atomic mass is 12.0. The third-order valence-corrected chi connectivity index (χ3v) is 0. The minimum absolute atomic E-state index is 0. The molecule has 6 nitrogen and oxygen atoms in total. The summed E-state index contributed by atoms with van der Waals surface area (Å²) in [4.78, 5) is 0. The highest BCUT2D eigenvalue weighted by atomic mass is 14.0. The Hall–Kier alpha value is -0.240. The molecule has 0 aliphatic rings. The van der Waals surface area contributed by atoms with E-state index in [2.05, 4.69) is 0 Å². The van der Waals surface area contributed by atoms with E-state index in [4.69, 9.17) is 0 Å². The average molecular weight is 118 g/mol. The van der Waals surface area contributed by atoms with E-state index in [0.717, 1.165) is 0 Å². The molecule has 0 saturated carbocycles. The van der Waals surface area contributed by atoms with E-state index in [1.165, 1.54) is 0 Å². The van der Waals surface area contributed by atoms with Gasteiger partial charge in [-0.3, -0.25) is 0 Å². The van der Waals surface area contributed by atoms with Crippen molar-refractivity contribution in [2.24, 2.45) is 0 Å². The van der Waals surface area contributed by atoms with E-state index >= 15 is 0 Å². The Morgan fingerprint density at radius 3 is 0.286 bits per heavy atom. The van der Waals surface area contributed by atoms with Gasteiger partial charge in [-0.2, -0.15) is 0 Å². The molecule has 0 radical (unpaired) electrons. The highest BCUT2D eigenvalue weighted by Gasteiger charge is -0.0775. The standard InChI is InChI=1S/CH4.6H3N/h1H4;6*1H3. The zero-order valence-electron chi connectivity index (χ0n) is 4.24. The van der Waals surface area contributed by atoms with Crippen LogP contribution in [-0.4, -0.2) is 0 Å². The van der Waals surface area contributed by atoms with Crippen molar-refractivity contribution in [1.82, 2.24) is 36.9 Å². The summed E-state index contributed by atoms with van der Waals surface area (Å²) in [5.41, 5.74) is 0. The van der Waals surface area contributed by atoms with Crippen LogP contribution in [0.1, 0.15) is 7.43 Å². The van der Waals surface area contributed by atoms with Crippen LogP contribution in [0.3, 0.4) is 0 Å². The Morgan fingerprint density at radius 1 is 0.286 bits per heavy atom. The molecule has 0 aliphatic heterocycles. The van der Waals surface area contributed by atoms with Gasteiger partial charge in [0.15, 0.2) is 0 Å². The predicted molar refractivity (Wildman–Crippen MR) is 36.9 cm³/mol. The lowest BCUT2D eigenvalue weighted by Gasteiger charge is -0.345. The van der Waals surface area contributed by atoms with Crippen LogP contribution < -0.4 is 36.9 Å². The van der Waals surface area contributed by atoms with Crippen LogP contribution in [0, 0.1) is 0 Å². The fourth-order valence-corrected chi connectivity index (χ4v) is 0. The van der Waals surface area contributed by atoms with Gasteiger partial charge in [0.1, 0.15) is 0 Å². The summed E-state index contributed by atoms with van der Waals surface area (Å²) in [7, 11) is 0. The maximum atomic E-state index is 0. The third-order valence-electron chi connectivity index (χ3n) is 0. The first-order valence-electron chi connectivity index (χ1n) is 0. The first kappa shape index (κ1) is 3890. The molecule has 0 aromatic carbocycles. The highest BCUT2D eigenvalue weighted by molar-refractivity contribution is 2.50. The molecule has 6 heteroatoms. The van der Waals surface area contributed by atoms with Crippen LogP contribution in [0.15, 0.2) is 0 Å². The van der Waals surface area contributed by atoms with Gasteiger partial charge in [-0.15, -0.1) is 0 Å². The average Bonchev–Trinajstić information content (AvgIpc) is 0. The zero-order chi connectivity index (χ0) is 0. The summed E-state index contributed by atoms with van der Waals surface area (Å²) in [5, 5.41) is 0. The maximum Gasteiger partial charge on any atom is -0.0776 e. The lowest BCUT2D eigenvalue weighted by Crippen LogP contribution is -0.482. The molecule has 0 aromatic rings. The summed E-state index contributed by atoms with van der Waals surface area (Å²) >= 11 is 0. The number of hydrogen-bond acceptors (Lipinski definition) is 6. The van der Waals surface area contributed by atoms with E-state index < -0.39 is 0 Å². The van der Waals surface area contributed by atoms with Crippen molar-refractivity contribution in [2.75, 3.05) is 0 Å². The first-order valence-corrected chi connectivity index (χ1v) is 0. The second-order valence-electron chi connectivity index (χ2n) is 0. The van der Waals surface area contributed by atoms with Crippen LogP contribution >= 0.6 is 0 Å². The van der Waals surface area contributed by atoms with Crippen molar-refractivity contribution in [3.8, 4) is 0 Å². The van der Waals surface area contributed by atoms with Crippen molar-refractivity contribution in [3.05, 3.63) is 0 Å². The van der Waals surface area contributed by atoms with Crippen LogP contribution in [0.25, 0.3) is 0 Å². The molecule has 56 valence electrons. The van der Waals surface area contributed by atoms with Crippen molar-refractivity contribution in [1.29, 1.82) is 0 Å². The normalized spacial score (nSPS) is 0. The van der Waals surface area contributed by atoms with Crippen LogP contribution in [-0.2, 0) is 0 Å². The molecule has 0 unspecified atom stereocenters. The van der Waals surface area contributed by atoms with Crippen molar-refractivity contribution in [2.45, 2.75) is 7.43 Å². The number of hydrogen-bond donors (Lipinski definition) is 6. The summed E-state index contributed by atoms with van der Waals surface area (Å²) < 4.78 is 0. The van der Waals surface area contributed by atoms with E-state index in [1.807, 2.05) is 0 Å². The minimum atomic E-state index is 0. The molecule has 0 bridgehead atoms. The van der Waals surface area contributed by atoms with Gasteiger partial charge in [0.05, 0.1) is 0 Å². The molecule has 0 fully saturated rings. The Balaban J connectivity index is 0. The van der Waals surface area contributed by atoms with Gasteiger partial charge in [-0.05, 0) is 0 Å². The molecule has 0 spiro atoms. The van der Waals surface area contributed by atoms with E-state index in [-0.39, 0.29) is 44.3 Å².